The lowest BCUT2D eigenvalue weighted by molar-refractivity contribution is -0.0876. The fourth-order valence-electron chi connectivity index (χ4n) is 2.16. The third kappa shape index (κ3) is 2.44. The molecule has 2 nitrogen and oxygen atoms in total. The van der Waals surface area contributed by atoms with Crippen molar-refractivity contribution in [3.63, 3.8) is 0 Å². The Morgan fingerprint density at radius 2 is 2.15 bits per heavy atom. The van der Waals surface area contributed by atoms with Gasteiger partial charge in [-0.1, -0.05) is 20.3 Å². The minimum absolute atomic E-state index is 0.366. The molecule has 78 valence electrons. The molecular formula is C11H22O2. The van der Waals surface area contributed by atoms with E-state index >= 15 is 0 Å². The second kappa shape index (κ2) is 4.43. The van der Waals surface area contributed by atoms with Crippen LogP contribution in [0, 0.1) is 11.8 Å². The quantitative estimate of drug-likeness (QED) is 0.689. The molecule has 0 aromatic rings. The zero-order valence-electron chi connectivity index (χ0n) is 9.05. The number of hydrogen-bond donors (Lipinski definition) is 1. The Labute approximate surface area is 81.3 Å². The first-order valence-corrected chi connectivity index (χ1v) is 5.36. The van der Waals surface area contributed by atoms with E-state index in [0.29, 0.717) is 18.4 Å². The Balaban J connectivity index is 2.53. The lowest BCUT2D eigenvalue weighted by Gasteiger charge is -2.33. The second-order valence-corrected chi connectivity index (χ2v) is 4.39. The van der Waals surface area contributed by atoms with Gasteiger partial charge in [-0.05, 0) is 31.1 Å². The molecule has 1 fully saturated rings. The summed E-state index contributed by atoms with van der Waals surface area (Å²) in [5.74, 6) is 0.860. The Morgan fingerprint density at radius 1 is 1.54 bits per heavy atom. The first-order chi connectivity index (χ1) is 6.15. The highest BCUT2D eigenvalue weighted by Crippen LogP contribution is 2.44. The molecule has 0 aromatic heterocycles. The van der Waals surface area contributed by atoms with E-state index in [1.54, 1.807) is 7.11 Å². The maximum Gasteiger partial charge on any atom is 0.0933 e. The predicted molar refractivity (Wildman–Crippen MR) is 53.6 cm³/mol. The predicted octanol–water partition coefficient (Wildman–Crippen LogP) is 2.21. The van der Waals surface area contributed by atoms with Crippen molar-refractivity contribution in [2.75, 3.05) is 13.7 Å². The fourth-order valence-corrected chi connectivity index (χ4v) is 2.16. The summed E-state index contributed by atoms with van der Waals surface area (Å²) in [5.41, 5.74) is -0.551. The summed E-state index contributed by atoms with van der Waals surface area (Å²) in [7, 11) is 1.67. The largest absolute Gasteiger partial charge is 0.387 e. The van der Waals surface area contributed by atoms with Crippen LogP contribution < -0.4 is 0 Å². The number of hydrogen-bond acceptors (Lipinski definition) is 2. The monoisotopic (exact) mass is 186 g/mol. The summed E-state index contributed by atoms with van der Waals surface area (Å²) < 4.78 is 5.13. The average molecular weight is 186 g/mol. The van der Waals surface area contributed by atoms with Gasteiger partial charge >= 0.3 is 0 Å². The number of aliphatic hydroxyl groups is 1. The van der Waals surface area contributed by atoms with Gasteiger partial charge in [0.25, 0.3) is 0 Å². The van der Waals surface area contributed by atoms with Crippen molar-refractivity contribution >= 4 is 0 Å². The van der Waals surface area contributed by atoms with E-state index in [0.717, 1.165) is 12.8 Å². The van der Waals surface area contributed by atoms with E-state index in [1.807, 2.05) is 0 Å². The molecule has 1 aliphatic rings. The van der Waals surface area contributed by atoms with Crippen molar-refractivity contribution in [1.82, 2.24) is 0 Å². The third-order valence-corrected chi connectivity index (χ3v) is 3.23. The van der Waals surface area contributed by atoms with Crippen LogP contribution in [-0.2, 0) is 4.74 Å². The second-order valence-electron chi connectivity index (χ2n) is 4.39. The summed E-state index contributed by atoms with van der Waals surface area (Å²) in [6.07, 6.45) is 4.58. The Bertz CT molecular complexity index is 154. The van der Waals surface area contributed by atoms with Gasteiger partial charge in [0.05, 0.1) is 12.2 Å². The Kier molecular flexibility index (Phi) is 3.74. The van der Waals surface area contributed by atoms with Crippen LogP contribution in [0.1, 0.15) is 39.5 Å². The molecule has 0 aromatic carbocycles. The van der Waals surface area contributed by atoms with Gasteiger partial charge in [-0.3, -0.25) is 0 Å². The molecule has 1 N–H and O–H groups in total. The van der Waals surface area contributed by atoms with Crippen LogP contribution in [0.5, 0.6) is 0 Å². The van der Waals surface area contributed by atoms with Crippen LogP contribution in [0.25, 0.3) is 0 Å². The summed E-state index contributed by atoms with van der Waals surface area (Å²) in [6, 6.07) is 0. The fraction of sp³-hybridized carbons (Fsp3) is 1.00. The number of rotatable bonds is 6. The van der Waals surface area contributed by atoms with Gasteiger partial charge in [0.1, 0.15) is 0 Å². The number of ether oxygens (including phenoxy) is 1. The van der Waals surface area contributed by atoms with E-state index in [1.165, 1.54) is 12.8 Å². The summed E-state index contributed by atoms with van der Waals surface area (Å²) in [5, 5.41) is 10.4. The maximum atomic E-state index is 10.4. The summed E-state index contributed by atoms with van der Waals surface area (Å²) in [6.45, 7) is 4.80. The normalized spacial score (nSPS) is 24.0. The van der Waals surface area contributed by atoms with E-state index in [-0.39, 0.29) is 0 Å². The number of methoxy groups -OCH3 is 1. The molecule has 0 radical (unpaired) electrons. The Morgan fingerprint density at radius 3 is 2.54 bits per heavy atom. The summed E-state index contributed by atoms with van der Waals surface area (Å²) >= 11 is 0. The average Bonchev–Trinajstić information content (AvgIpc) is 2.87. The van der Waals surface area contributed by atoms with Crippen LogP contribution in [0.2, 0.25) is 0 Å². The van der Waals surface area contributed by atoms with Crippen LogP contribution in [0.4, 0.5) is 0 Å². The molecule has 1 aliphatic carbocycles. The zero-order valence-corrected chi connectivity index (χ0v) is 9.05. The molecule has 2 heteroatoms. The van der Waals surface area contributed by atoms with Crippen molar-refractivity contribution in [3.8, 4) is 0 Å². The SMILES string of the molecule is CCCC(C)C(O)(COC)C1CC1. The smallest absolute Gasteiger partial charge is 0.0933 e. The van der Waals surface area contributed by atoms with E-state index in [2.05, 4.69) is 13.8 Å². The molecule has 0 bridgehead atoms. The zero-order chi connectivity index (χ0) is 9.90. The maximum absolute atomic E-state index is 10.4. The minimum atomic E-state index is -0.551. The lowest BCUT2D eigenvalue weighted by atomic mass is 9.82. The molecule has 13 heavy (non-hydrogen) atoms. The molecule has 0 aliphatic heterocycles. The van der Waals surface area contributed by atoms with Crippen molar-refractivity contribution in [2.24, 2.45) is 11.8 Å². The molecular weight excluding hydrogens is 164 g/mol. The molecule has 2 atom stereocenters. The molecule has 0 heterocycles. The first kappa shape index (κ1) is 11.0. The van der Waals surface area contributed by atoms with Crippen LogP contribution >= 0.6 is 0 Å². The van der Waals surface area contributed by atoms with Gasteiger partial charge in [0.15, 0.2) is 0 Å². The highest BCUT2D eigenvalue weighted by atomic mass is 16.5. The molecule has 1 rings (SSSR count). The van der Waals surface area contributed by atoms with Gasteiger partial charge in [-0.15, -0.1) is 0 Å². The van der Waals surface area contributed by atoms with Crippen LogP contribution in [0.15, 0.2) is 0 Å². The first-order valence-electron chi connectivity index (χ1n) is 5.36. The van der Waals surface area contributed by atoms with Crippen LogP contribution in [-0.4, -0.2) is 24.4 Å². The highest BCUT2D eigenvalue weighted by molar-refractivity contribution is 4.97. The van der Waals surface area contributed by atoms with Gasteiger partial charge in [0, 0.05) is 7.11 Å². The summed E-state index contributed by atoms with van der Waals surface area (Å²) in [4.78, 5) is 0. The van der Waals surface area contributed by atoms with E-state index in [9.17, 15) is 5.11 Å². The van der Waals surface area contributed by atoms with E-state index in [4.69, 9.17) is 4.74 Å². The Hall–Kier alpha value is -0.0800. The van der Waals surface area contributed by atoms with Gasteiger partial charge in [-0.2, -0.15) is 0 Å². The van der Waals surface area contributed by atoms with E-state index < -0.39 is 5.60 Å². The van der Waals surface area contributed by atoms with Gasteiger partial charge in [0.2, 0.25) is 0 Å². The van der Waals surface area contributed by atoms with Gasteiger partial charge < -0.3 is 9.84 Å². The topological polar surface area (TPSA) is 29.5 Å². The van der Waals surface area contributed by atoms with Crippen molar-refractivity contribution in [3.05, 3.63) is 0 Å². The lowest BCUT2D eigenvalue weighted by Crippen LogP contribution is -2.43. The third-order valence-electron chi connectivity index (χ3n) is 3.23. The molecule has 0 saturated heterocycles. The standard InChI is InChI=1S/C11H22O2/c1-4-5-9(2)11(12,8-13-3)10-6-7-10/h9-10,12H,4-8H2,1-3H3. The molecule has 0 spiro atoms. The van der Waals surface area contributed by atoms with Gasteiger partial charge in [-0.25, -0.2) is 0 Å². The van der Waals surface area contributed by atoms with Crippen molar-refractivity contribution in [1.29, 1.82) is 0 Å². The molecule has 0 amide bonds. The molecule has 1 saturated carbocycles. The van der Waals surface area contributed by atoms with Crippen molar-refractivity contribution in [2.45, 2.75) is 45.1 Å². The highest BCUT2D eigenvalue weighted by Gasteiger charge is 2.46. The van der Waals surface area contributed by atoms with Crippen molar-refractivity contribution < 1.29 is 9.84 Å². The van der Waals surface area contributed by atoms with Crippen LogP contribution in [0.3, 0.4) is 0 Å². The minimum Gasteiger partial charge on any atom is -0.387 e. The molecule has 2 unspecified atom stereocenters.